The van der Waals surface area contributed by atoms with E-state index in [4.69, 9.17) is 14.9 Å². The highest BCUT2D eigenvalue weighted by atomic mass is 16.6. The number of ether oxygens (including phenoxy) is 1. The molecule has 4 heteroatoms. The first kappa shape index (κ1) is 8.07. The summed E-state index contributed by atoms with van der Waals surface area (Å²) < 4.78 is 10.1. The van der Waals surface area contributed by atoms with Crippen LogP contribution in [0.3, 0.4) is 0 Å². The molecule has 0 aliphatic rings. The number of aromatic nitrogens is 1. The molecule has 2 N–H and O–H groups in total. The van der Waals surface area contributed by atoms with Crippen LogP contribution in [0.5, 0.6) is 5.95 Å². The fraction of sp³-hybridized carbons (Fsp3) is 0.571. The molecule has 0 fully saturated rings. The Balaban J connectivity index is 2.77. The van der Waals surface area contributed by atoms with Crippen molar-refractivity contribution in [2.45, 2.75) is 13.3 Å². The first-order valence-corrected chi connectivity index (χ1v) is 3.48. The van der Waals surface area contributed by atoms with E-state index in [1.165, 1.54) is 0 Å². The lowest BCUT2D eigenvalue weighted by atomic mass is 10.4. The molecule has 0 saturated carbocycles. The predicted molar refractivity (Wildman–Crippen MR) is 40.6 cm³/mol. The van der Waals surface area contributed by atoms with Crippen LogP contribution < -0.4 is 10.5 Å². The van der Waals surface area contributed by atoms with Gasteiger partial charge < -0.3 is 14.9 Å². The van der Waals surface area contributed by atoms with Crippen LogP contribution in [0.2, 0.25) is 0 Å². The molecule has 0 atom stereocenters. The molecule has 11 heavy (non-hydrogen) atoms. The number of hydrogen-bond donors (Lipinski definition) is 1. The molecule has 0 unspecified atom stereocenters. The highest BCUT2D eigenvalue weighted by Crippen LogP contribution is 2.17. The quantitative estimate of drug-likeness (QED) is 0.692. The third-order valence-electron chi connectivity index (χ3n) is 1.34. The van der Waals surface area contributed by atoms with E-state index in [1.807, 2.05) is 6.92 Å². The van der Waals surface area contributed by atoms with Gasteiger partial charge in [-0.25, -0.2) is 4.98 Å². The minimum Gasteiger partial charge on any atom is -0.467 e. The number of nitrogens with zero attached hydrogens (tertiary/aromatic N) is 1. The van der Waals surface area contributed by atoms with Gasteiger partial charge in [0.05, 0.1) is 7.11 Å². The van der Waals surface area contributed by atoms with Gasteiger partial charge in [0, 0.05) is 13.0 Å². The summed E-state index contributed by atoms with van der Waals surface area (Å²) in [5, 5.41) is 0. The van der Waals surface area contributed by atoms with E-state index in [2.05, 4.69) is 4.98 Å². The summed E-state index contributed by atoms with van der Waals surface area (Å²) in [5.41, 5.74) is 6.09. The molecule has 0 radical (unpaired) electrons. The number of methoxy groups -OCH3 is 1. The Morgan fingerprint density at radius 1 is 1.64 bits per heavy atom. The van der Waals surface area contributed by atoms with E-state index in [-0.39, 0.29) is 0 Å². The SMILES string of the molecule is COc1oc(CCN)nc1C. The van der Waals surface area contributed by atoms with Crippen LogP contribution >= 0.6 is 0 Å². The lowest BCUT2D eigenvalue weighted by Crippen LogP contribution is -2.02. The second-order valence-electron chi connectivity index (χ2n) is 2.22. The van der Waals surface area contributed by atoms with Crippen molar-refractivity contribution in [3.63, 3.8) is 0 Å². The van der Waals surface area contributed by atoms with E-state index >= 15 is 0 Å². The molecule has 0 aromatic carbocycles. The molecule has 1 aromatic heterocycles. The minimum absolute atomic E-state index is 0.480. The zero-order valence-corrected chi connectivity index (χ0v) is 6.76. The number of oxazole rings is 1. The fourth-order valence-corrected chi connectivity index (χ4v) is 0.856. The van der Waals surface area contributed by atoms with Gasteiger partial charge in [0.15, 0.2) is 5.89 Å². The molecule has 1 heterocycles. The van der Waals surface area contributed by atoms with Crippen LogP contribution in [0.25, 0.3) is 0 Å². The average molecular weight is 156 g/mol. The molecule has 1 aromatic rings. The third kappa shape index (κ3) is 1.71. The van der Waals surface area contributed by atoms with Crippen LogP contribution in [0.1, 0.15) is 11.6 Å². The largest absolute Gasteiger partial charge is 0.467 e. The Kier molecular flexibility index (Phi) is 2.48. The number of hydrogen-bond acceptors (Lipinski definition) is 4. The molecule has 62 valence electrons. The first-order valence-electron chi connectivity index (χ1n) is 3.48. The molecule has 4 nitrogen and oxygen atoms in total. The maximum Gasteiger partial charge on any atom is 0.307 e. The summed E-state index contributed by atoms with van der Waals surface area (Å²) in [7, 11) is 1.56. The van der Waals surface area contributed by atoms with Crippen LogP contribution in [-0.4, -0.2) is 18.6 Å². The molecular formula is C7H12N2O2. The Hall–Kier alpha value is -1.03. The lowest BCUT2D eigenvalue weighted by Gasteiger charge is -1.90. The van der Waals surface area contributed by atoms with Crippen molar-refractivity contribution in [2.24, 2.45) is 5.73 Å². The molecule has 1 rings (SSSR count). The monoisotopic (exact) mass is 156 g/mol. The van der Waals surface area contributed by atoms with Gasteiger partial charge in [-0.3, -0.25) is 0 Å². The molecular weight excluding hydrogens is 144 g/mol. The average Bonchev–Trinajstić information content (AvgIpc) is 2.32. The molecule has 0 spiro atoms. The topological polar surface area (TPSA) is 61.3 Å². The highest BCUT2D eigenvalue weighted by molar-refractivity contribution is 5.13. The number of aryl methyl sites for hydroxylation is 1. The second kappa shape index (κ2) is 3.39. The van der Waals surface area contributed by atoms with E-state index in [1.54, 1.807) is 7.11 Å². The fourth-order valence-electron chi connectivity index (χ4n) is 0.856. The van der Waals surface area contributed by atoms with Gasteiger partial charge in [0.2, 0.25) is 0 Å². The summed E-state index contributed by atoms with van der Waals surface area (Å²) in [6.07, 6.45) is 0.657. The normalized spacial score (nSPS) is 10.1. The van der Waals surface area contributed by atoms with Crippen molar-refractivity contribution in [1.82, 2.24) is 4.98 Å². The van der Waals surface area contributed by atoms with Gasteiger partial charge in [-0.15, -0.1) is 0 Å². The van der Waals surface area contributed by atoms with Crippen molar-refractivity contribution >= 4 is 0 Å². The molecule has 0 bridgehead atoms. The maximum atomic E-state index is 5.32. The Labute approximate surface area is 65.4 Å². The molecule has 0 aliphatic heterocycles. The Morgan fingerprint density at radius 2 is 2.36 bits per heavy atom. The zero-order chi connectivity index (χ0) is 8.27. The molecule has 0 saturated heterocycles. The smallest absolute Gasteiger partial charge is 0.307 e. The van der Waals surface area contributed by atoms with Gasteiger partial charge in [-0.2, -0.15) is 0 Å². The third-order valence-corrected chi connectivity index (χ3v) is 1.34. The number of nitrogens with two attached hydrogens (primary N) is 1. The van der Waals surface area contributed by atoms with Crippen molar-refractivity contribution in [3.05, 3.63) is 11.6 Å². The predicted octanol–water partition coefficient (Wildman–Crippen LogP) is 0.493. The van der Waals surface area contributed by atoms with Crippen LogP contribution in [-0.2, 0) is 6.42 Å². The van der Waals surface area contributed by atoms with Crippen molar-refractivity contribution < 1.29 is 9.15 Å². The minimum atomic E-state index is 0.480. The van der Waals surface area contributed by atoms with E-state index in [9.17, 15) is 0 Å². The Morgan fingerprint density at radius 3 is 2.82 bits per heavy atom. The molecule has 0 aliphatic carbocycles. The summed E-state index contributed by atoms with van der Waals surface area (Å²) in [6.45, 7) is 2.38. The van der Waals surface area contributed by atoms with E-state index in [0.717, 1.165) is 5.69 Å². The zero-order valence-electron chi connectivity index (χ0n) is 6.76. The van der Waals surface area contributed by atoms with Gasteiger partial charge in [-0.05, 0) is 6.92 Å². The van der Waals surface area contributed by atoms with E-state index < -0.39 is 0 Å². The van der Waals surface area contributed by atoms with Gasteiger partial charge in [0.25, 0.3) is 0 Å². The first-order chi connectivity index (χ1) is 5.27. The van der Waals surface area contributed by atoms with Gasteiger partial charge in [-0.1, -0.05) is 0 Å². The van der Waals surface area contributed by atoms with Gasteiger partial charge in [0.1, 0.15) is 5.69 Å². The second-order valence-corrected chi connectivity index (χ2v) is 2.22. The van der Waals surface area contributed by atoms with Crippen molar-refractivity contribution in [3.8, 4) is 5.95 Å². The standard InChI is InChI=1S/C7H12N2O2/c1-5-7(10-2)11-6(9-5)3-4-8/h3-4,8H2,1-2H3. The van der Waals surface area contributed by atoms with E-state index in [0.29, 0.717) is 24.8 Å². The van der Waals surface area contributed by atoms with Crippen molar-refractivity contribution in [2.75, 3.05) is 13.7 Å². The summed E-state index contributed by atoms with van der Waals surface area (Å²) in [5.74, 6) is 1.12. The van der Waals surface area contributed by atoms with Crippen molar-refractivity contribution in [1.29, 1.82) is 0 Å². The van der Waals surface area contributed by atoms with Crippen LogP contribution in [0, 0.1) is 6.92 Å². The maximum absolute atomic E-state index is 5.32. The van der Waals surface area contributed by atoms with Crippen LogP contribution in [0.4, 0.5) is 0 Å². The summed E-state index contributed by atoms with van der Waals surface area (Å²) >= 11 is 0. The molecule has 0 amide bonds. The van der Waals surface area contributed by atoms with Crippen LogP contribution in [0.15, 0.2) is 4.42 Å². The summed E-state index contributed by atoms with van der Waals surface area (Å²) in [4.78, 5) is 4.10. The highest BCUT2D eigenvalue weighted by Gasteiger charge is 2.07. The lowest BCUT2D eigenvalue weighted by molar-refractivity contribution is 0.291. The Bertz CT molecular complexity index is 232. The van der Waals surface area contributed by atoms with Gasteiger partial charge >= 0.3 is 5.95 Å². The number of rotatable bonds is 3. The summed E-state index contributed by atoms with van der Waals surface area (Å²) in [6, 6.07) is 0.